The number of benzene rings is 2. The molecule has 0 saturated carbocycles. The van der Waals surface area contributed by atoms with Gasteiger partial charge in [0.1, 0.15) is 23.7 Å². The maximum absolute atomic E-state index is 12.0. The van der Waals surface area contributed by atoms with Gasteiger partial charge in [0.2, 0.25) is 0 Å². The Morgan fingerprint density at radius 3 is 2.64 bits per heavy atom. The summed E-state index contributed by atoms with van der Waals surface area (Å²) in [6.45, 7) is 5.91. The van der Waals surface area contributed by atoms with Crippen molar-refractivity contribution >= 4 is 16.9 Å². The molecule has 6 heteroatoms. The van der Waals surface area contributed by atoms with Crippen LogP contribution in [0.4, 0.5) is 0 Å². The zero-order chi connectivity index (χ0) is 20.3. The molecule has 0 fully saturated rings. The molecule has 1 N–H and O–H groups in total. The van der Waals surface area contributed by atoms with Crippen molar-refractivity contribution in [2.24, 2.45) is 0 Å². The molecular weight excluding hydrogens is 360 g/mol. The van der Waals surface area contributed by atoms with E-state index in [1.54, 1.807) is 6.07 Å². The number of hydrogen-bond donors (Lipinski definition) is 1. The molecule has 0 bridgehead atoms. The quantitative estimate of drug-likeness (QED) is 0.511. The average Bonchev–Trinajstić information content (AvgIpc) is 2.63. The monoisotopic (exact) mass is 382 g/mol. The van der Waals surface area contributed by atoms with Gasteiger partial charge in [-0.2, -0.15) is 0 Å². The Kier molecular flexibility index (Phi) is 5.68. The van der Waals surface area contributed by atoms with Crippen LogP contribution >= 0.6 is 0 Å². The summed E-state index contributed by atoms with van der Waals surface area (Å²) in [4.78, 5) is 23.7. The molecule has 0 aliphatic carbocycles. The van der Waals surface area contributed by atoms with Crippen LogP contribution in [-0.4, -0.2) is 17.7 Å². The summed E-state index contributed by atoms with van der Waals surface area (Å²) in [6, 6.07) is 11.4. The first-order valence-electron chi connectivity index (χ1n) is 8.98. The van der Waals surface area contributed by atoms with Crippen molar-refractivity contribution in [1.82, 2.24) is 0 Å². The normalized spacial score (nSPS) is 11.0. The number of carbonyl (C=O) groups excluding carboxylic acids is 1. The first-order chi connectivity index (χ1) is 13.3. The SMILES string of the molecule is Cc1cc(OCC(=O)OCc2cc(=O)oc3cc(O)ccc23)ccc1C(C)C. The molecule has 0 unspecified atom stereocenters. The van der Waals surface area contributed by atoms with Gasteiger partial charge in [0, 0.05) is 23.1 Å². The fraction of sp³-hybridized carbons (Fsp3) is 0.273. The molecule has 0 radical (unpaired) electrons. The number of hydrogen-bond acceptors (Lipinski definition) is 6. The lowest BCUT2D eigenvalue weighted by molar-refractivity contribution is -0.147. The molecule has 146 valence electrons. The van der Waals surface area contributed by atoms with Crippen LogP contribution < -0.4 is 10.4 Å². The van der Waals surface area contributed by atoms with Crippen molar-refractivity contribution in [2.75, 3.05) is 6.61 Å². The summed E-state index contributed by atoms with van der Waals surface area (Å²) in [5.41, 5.74) is 2.48. The van der Waals surface area contributed by atoms with E-state index >= 15 is 0 Å². The highest BCUT2D eigenvalue weighted by Crippen LogP contribution is 2.24. The van der Waals surface area contributed by atoms with Crippen LogP contribution in [0.5, 0.6) is 11.5 Å². The third-order valence-corrected chi connectivity index (χ3v) is 4.42. The van der Waals surface area contributed by atoms with Gasteiger partial charge in [-0.05, 0) is 48.2 Å². The Hall–Kier alpha value is -3.28. The van der Waals surface area contributed by atoms with Crippen LogP contribution in [0, 0.1) is 6.92 Å². The molecule has 1 aromatic heterocycles. The minimum Gasteiger partial charge on any atom is -0.508 e. The first-order valence-corrected chi connectivity index (χ1v) is 8.98. The van der Waals surface area contributed by atoms with Gasteiger partial charge in [-0.15, -0.1) is 0 Å². The number of ether oxygens (including phenoxy) is 2. The van der Waals surface area contributed by atoms with E-state index in [2.05, 4.69) is 13.8 Å². The Balaban J connectivity index is 1.63. The van der Waals surface area contributed by atoms with Gasteiger partial charge in [-0.1, -0.05) is 19.9 Å². The van der Waals surface area contributed by atoms with Crippen LogP contribution in [0.15, 0.2) is 51.7 Å². The minimum atomic E-state index is -0.582. The van der Waals surface area contributed by atoms with Gasteiger partial charge >= 0.3 is 11.6 Å². The van der Waals surface area contributed by atoms with Crippen molar-refractivity contribution in [3.05, 3.63) is 69.6 Å². The van der Waals surface area contributed by atoms with Gasteiger partial charge < -0.3 is 19.0 Å². The molecule has 0 saturated heterocycles. The number of fused-ring (bicyclic) bond motifs is 1. The lowest BCUT2D eigenvalue weighted by Gasteiger charge is -2.12. The maximum Gasteiger partial charge on any atom is 0.344 e. The summed E-state index contributed by atoms with van der Waals surface area (Å²) in [5.74, 6) is 0.446. The highest BCUT2D eigenvalue weighted by atomic mass is 16.6. The number of carbonyl (C=O) groups is 1. The number of rotatable bonds is 6. The van der Waals surface area contributed by atoms with Crippen molar-refractivity contribution in [1.29, 1.82) is 0 Å². The number of aryl methyl sites for hydroxylation is 1. The highest BCUT2D eigenvalue weighted by molar-refractivity contribution is 5.81. The van der Waals surface area contributed by atoms with E-state index in [1.165, 1.54) is 23.8 Å². The van der Waals surface area contributed by atoms with E-state index in [4.69, 9.17) is 13.9 Å². The molecule has 0 atom stereocenters. The summed E-state index contributed by atoms with van der Waals surface area (Å²) in [6.07, 6.45) is 0. The zero-order valence-electron chi connectivity index (χ0n) is 16.0. The Morgan fingerprint density at radius 1 is 1.14 bits per heavy atom. The molecular formula is C22H22O6. The van der Waals surface area contributed by atoms with Crippen molar-refractivity contribution in [2.45, 2.75) is 33.3 Å². The topological polar surface area (TPSA) is 86.0 Å². The van der Waals surface area contributed by atoms with Gasteiger partial charge in [0.25, 0.3) is 0 Å². The van der Waals surface area contributed by atoms with Crippen LogP contribution in [0.3, 0.4) is 0 Å². The molecule has 2 aromatic carbocycles. The lowest BCUT2D eigenvalue weighted by atomic mass is 9.98. The fourth-order valence-corrected chi connectivity index (χ4v) is 3.07. The number of phenols is 1. The number of esters is 1. The van der Waals surface area contributed by atoms with Gasteiger partial charge in [-0.3, -0.25) is 0 Å². The largest absolute Gasteiger partial charge is 0.508 e. The second-order valence-electron chi connectivity index (χ2n) is 6.89. The van der Waals surface area contributed by atoms with Gasteiger partial charge in [0.05, 0.1) is 0 Å². The predicted molar refractivity (Wildman–Crippen MR) is 105 cm³/mol. The zero-order valence-corrected chi connectivity index (χ0v) is 16.0. The van der Waals surface area contributed by atoms with Gasteiger partial charge in [-0.25, -0.2) is 9.59 Å². The van der Waals surface area contributed by atoms with E-state index in [0.29, 0.717) is 22.6 Å². The summed E-state index contributed by atoms with van der Waals surface area (Å²) in [7, 11) is 0. The molecule has 0 amide bonds. The second-order valence-corrected chi connectivity index (χ2v) is 6.89. The van der Waals surface area contributed by atoms with E-state index in [0.717, 1.165) is 5.56 Å². The third-order valence-electron chi connectivity index (χ3n) is 4.42. The molecule has 0 aliphatic rings. The molecule has 3 rings (SSSR count). The number of phenolic OH excluding ortho intramolecular Hbond substituents is 1. The molecule has 1 heterocycles. The van der Waals surface area contributed by atoms with Gasteiger partial charge in [0.15, 0.2) is 6.61 Å². The van der Waals surface area contributed by atoms with Crippen molar-refractivity contribution < 1.29 is 23.8 Å². The summed E-state index contributed by atoms with van der Waals surface area (Å²) >= 11 is 0. The van der Waals surface area contributed by atoms with Crippen molar-refractivity contribution in [3.8, 4) is 11.5 Å². The van der Waals surface area contributed by atoms with E-state index < -0.39 is 11.6 Å². The average molecular weight is 382 g/mol. The fourth-order valence-electron chi connectivity index (χ4n) is 3.07. The smallest absolute Gasteiger partial charge is 0.344 e. The van der Waals surface area contributed by atoms with Crippen molar-refractivity contribution in [3.63, 3.8) is 0 Å². The van der Waals surface area contributed by atoms with E-state index in [-0.39, 0.29) is 24.5 Å². The van der Waals surface area contributed by atoms with E-state index in [9.17, 15) is 14.7 Å². The van der Waals surface area contributed by atoms with Crippen LogP contribution in [0.25, 0.3) is 11.0 Å². The third kappa shape index (κ3) is 4.52. The van der Waals surface area contributed by atoms with Crippen LogP contribution in [-0.2, 0) is 16.1 Å². The molecule has 3 aromatic rings. The first kappa shape index (κ1) is 19.5. The van der Waals surface area contributed by atoms with E-state index in [1.807, 2.05) is 25.1 Å². The number of aromatic hydroxyl groups is 1. The predicted octanol–water partition coefficient (Wildman–Crippen LogP) is 4.05. The molecule has 6 nitrogen and oxygen atoms in total. The molecule has 28 heavy (non-hydrogen) atoms. The minimum absolute atomic E-state index is 0.0167. The van der Waals surface area contributed by atoms with Crippen LogP contribution in [0.2, 0.25) is 0 Å². The summed E-state index contributed by atoms with van der Waals surface area (Å²) < 4.78 is 15.8. The Morgan fingerprint density at radius 2 is 1.93 bits per heavy atom. The summed E-state index contributed by atoms with van der Waals surface area (Å²) in [5, 5.41) is 10.1. The Labute approximate surface area is 162 Å². The van der Waals surface area contributed by atoms with Crippen LogP contribution in [0.1, 0.15) is 36.5 Å². The molecule has 0 aliphatic heterocycles. The molecule has 0 spiro atoms. The lowest BCUT2D eigenvalue weighted by Crippen LogP contribution is -2.15. The Bertz CT molecular complexity index is 1060. The maximum atomic E-state index is 12.0. The standard InChI is InChI=1S/C22H22O6/c1-13(2)18-7-5-17(8-14(18)3)26-12-22(25)27-11-15-9-21(24)28-20-10-16(23)4-6-19(15)20/h4-10,13,23H,11-12H2,1-3H3. The second kappa shape index (κ2) is 8.17. The highest BCUT2D eigenvalue weighted by Gasteiger charge is 2.11.